The van der Waals surface area contributed by atoms with Crippen LogP contribution in [0.25, 0.3) is 0 Å². The Balaban J connectivity index is 1.94. The minimum atomic E-state index is -0.537. The Labute approximate surface area is 111 Å². The first-order valence-electron chi connectivity index (χ1n) is 5.34. The van der Waals surface area contributed by atoms with E-state index in [0.29, 0.717) is 5.82 Å². The lowest BCUT2D eigenvalue weighted by Gasteiger charge is -1.98. The molecule has 2 aromatic heterocycles. The fourth-order valence-electron chi connectivity index (χ4n) is 1.17. The van der Waals surface area contributed by atoms with Gasteiger partial charge in [0.1, 0.15) is 5.69 Å². The molecule has 10 heteroatoms. The van der Waals surface area contributed by atoms with Crippen molar-refractivity contribution in [1.29, 1.82) is 0 Å². The molecule has 0 saturated heterocycles. The molecular weight excluding hydrogens is 272 g/mol. The average molecular weight is 282 g/mol. The lowest BCUT2D eigenvalue weighted by atomic mass is 10.4. The van der Waals surface area contributed by atoms with Crippen LogP contribution in [-0.4, -0.2) is 44.1 Å². The quantitative estimate of drug-likeness (QED) is 0.725. The minimum absolute atomic E-state index is 0.127. The summed E-state index contributed by atoms with van der Waals surface area (Å²) >= 11 is 1.05. The van der Waals surface area contributed by atoms with Crippen LogP contribution in [0.4, 0.5) is 0 Å². The van der Waals surface area contributed by atoms with Crippen LogP contribution in [0.5, 0.6) is 0 Å². The fourth-order valence-corrected chi connectivity index (χ4v) is 1.86. The number of aromatic amines is 1. The van der Waals surface area contributed by atoms with E-state index >= 15 is 0 Å². The fraction of sp³-hybridized carbons (Fsp3) is 0.333. The van der Waals surface area contributed by atoms with Gasteiger partial charge in [0.05, 0.1) is 13.2 Å². The van der Waals surface area contributed by atoms with Crippen molar-refractivity contribution in [3.8, 4) is 0 Å². The minimum Gasteiger partial charge on any atom is -0.461 e. The smallest absolute Gasteiger partial charge is 0.367 e. The molecular formula is C9H10N6O3S. The number of esters is 1. The Bertz CT molecular complexity index is 566. The molecule has 0 aromatic carbocycles. The van der Waals surface area contributed by atoms with Gasteiger partial charge in [0.15, 0.2) is 5.82 Å². The average Bonchev–Trinajstić information content (AvgIpc) is 3.07. The van der Waals surface area contributed by atoms with Gasteiger partial charge in [-0.2, -0.15) is 5.21 Å². The van der Waals surface area contributed by atoms with E-state index in [-0.39, 0.29) is 23.9 Å². The summed E-state index contributed by atoms with van der Waals surface area (Å²) in [6, 6.07) is 0. The first-order chi connectivity index (χ1) is 9.20. The predicted molar refractivity (Wildman–Crippen MR) is 63.4 cm³/mol. The van der Waals surface area contributed by atoms with E-state index in [4.69, 9.17) is 4.74 Å². The van der Waals surface area contributed by atoms with Crippen molar-refractivity contribution in [3.63, 3.8) is 0 Å². The third-order valence-corrected chi connectivity index (χ3v) is 2.81. The Morgan fingerprint density at radius 1 is 1.53 bits per heavy atom. The molecule has 2 aromatic rings. The topological polar surface area (TPSA) is 123 Å². The Hall–Kier alpha value is -2.36. The summed E-state index contributed by atoms with van der Waals surface area (Å²) in [5.74, 6) is -0.601. The molecule has 0 bridgehead atoms. The molecule has 19 heavy (non-hydrogen) atoms. The van der Waals surface area contributed by atoms with Gasteiger partial charge < -0.3 is 10.1 Å². The number of rotatable bonds is 5. The van der Waals surface area contributed by atoms with Crippen LogP contribution in [0.1, 0.15) is 33.0 Å². The second-order valence-electron chi connectivity index (χ2n) is 3.27. The molecule has 0 atom stereocenters. The van der Waals surface area contributed by atoms with Gasteiger partial charge in [0, 0.05) is 5.38 Å². The number of thiazole rings is 1. The number of ether oxygens (including phenoxy) is 1. The van der Waals surface area contributed by atoms with Gasteiger partial charge in [-0.05, 0) is 6.92 Å². The molecule has 1 amide bonds. The van der Waals surface area contributed by atoms with Crippen molar-refractivity contribution in [2.75, 3.05) is 6.61 Å². The Kier molecular flexibility index (Phi) is 4.13. The molecule has 0 aliphatic carbocycles. The first-order valence-corrected chi connectivity index (χ1v) is 6.22. The molecule has 0 aliphatic heterocycles. The van der Waals surface area contributed by atoms with Crippen LogP contribution < -0.4 is 5.32 Å². The van der Waals surface area contributed by atoms with E-state index in [1.54, 1.807) is 6.92 Å². The lowest BCUT2D eigenvalue weighted by molar-refractivity contribution is 0.0526. The number of hydrogen-bond acceptors (Lipinski definition) is 8. The zero-order chi connectivity index (χ0) is 13.7. The number of nitrogens with zero attached hydrogens (tertiary/aromatic N) is 4. The number of amides is 1. The number of H-pyrrole nitrogens is 1. The van der Waals surface area contributed by atoms with Crippen LogP contribution in [0.2, 0.25) is 0 Å². The molecule has 2 rings (SSSR count). The monoisotopic (exact) mass is 282 g/mol. The highest BCUT2D eigenvalue weighted by atomic mass is 32.1. The molecule has 2 N–H and O–H groups in total. The van der Waals surface area contributed by atoms with E-state index < -0.39 is 11.9 Å². The van der Waals surface area contributed by atoms with Gasteiger partial charge in [-0.3, -0.25) is 4.79 Å². The molecule has 0 aliphatic rings. The molecule has 9 nitrogen and oxygen atoms in total. The van der Waals surface area contributed by atoms with Gasteiger partial charge in [-0.25, -0.2) is 9.78 Å². The van der Waals surface area contributed by atoms with Gasteiger partial charge in [-0.1, -0.05) is 5.21 Å². The van der Waals surface area contributed by atoms with E-state index in [1.165, 1.54) is 5.38 Å². The Morgan fingerprint density at radius 2 is 2.37 bits per heavy atom. The van der Waals surface area contributed by atoms with Crippen molar-refractivity contribution in [1.82, 2.24) is 30.9 Å². The maximum absolute atomic E-state index is 11.7. The second kappa shape index (κ2) is 6.00. The molecule has 0 spiro atoms. The van der Waals surface area contributed by atoms with Crippen molar-refractivity contribution in [2.24, 2.45) is 0 Å². The van der Waals surface area contributed by atoms with Crippen LogP contribution in [0, 0.1) is 0 Å². The molecule has 100 valence electrons. The molecule has 0 saturated carbocycles. The highest BCUT2D eigenvalue weighted by Crippen LogP contribution is 2.11. The van der Waals surface area contributed by atoms with Crippen LogP contribution in [0.15, 0.2) is 5.38 Å². The van der Waals surface area contributed by atoms with Crippen LogP contribution in [0.3, 0.4) is 0 Å². The number of carbonyl (C=O) groups is 2. The van der Waals surface area contributed by atoms with Crippen molar-refractivity contribution < 1.29 is 14.3 Å². The first kappa shape index (κ1) is 13.1. The zero-order valence-electron chi connectivity index (χ0n) is 9.91. The van der Waals surface area contributed by atoms with Crippen molar-refractivity contribution >= 4 is 23.2 Å². The summed E-state index contributed by atoms with van der Waals surface area (Å²) in [5, 5.41) is 17.2. The standard InChI is InChI=1S/C9H10N6O3S/c1-2-18-9(17)8-11-5(4-19-8)7(16)10-3-6-12-14-15-13-6/h4H,2-3H2,1H3,(H,10,16)(H,12,13,14,15). The lowest BCUT2D eigenvalue weighted by Crippen LogP contribution is -2.24. The predicted octanol–water partition coefficient (Wildman–Crippen LogP) is -0.237. The van der Waals surface area contributed by atoms with E-state index in [9.17, 15) is 9.59 Å². The molecule has 0 radical (unpaired) electrons. The molecule has 0 fully saturated rings. The normalized spacial score (nSPS) is 10.2. The van der Waals surface area contributed by atoms with Gasteiger partial charge >= 0.3 is 5.97 Å². The van der Waals surface area contributed by atoms with Gasteiger partial charge in [-0.15, -0.1) is 21.5 Å². The van der Waals surface area contributed by atoms with Gasteiger partial charge in [0.25, 0.3) is 5.91 Å². The zero-order valence-corrected chi connectivity index (χ0v) is 10.7. The van der Waals surface area contributed by atoms with Crippen molar-refractivity contribution in [2.45, 2.75) is 13.5 Å². The third kappa shape index (κ3) is 3.31. The highest BCUT2D eigenvalue weighted by molar-refractivity contribution is 7.11. The summed E-state index contributed by atoms with van der Waals surface area (Å²) in [4.78, 5) is 27.0. The SMILES string of the molecule is CCOC(=O)c1nc(C(=O)NCc2nn[nH]n2)cs1. The van der Waals surface area contributed by atoms with Gasteiger partial charge in [0.2, 0.25) is 5.01 Å². The number of tetrazole rings is 1. The van der Waals surface area contributed by atoms with Crippen molar-refractivity contribution in [3.05, 3.63) is 21.9 Å². The third-order valence-electron chi connectivity index (χ3n) is 1.98. The Morgan fingerprint density at radius 3 is 3.05 bits per heavy atom. The van der Waals surface area contributed by atoms with E-state index in [1.807, 2.05) is 0 Å². The van der Waals surface area contributed by atoms with E-state index in [0.717, 1.165) is 11.3 Å². The van der Waals surface area contributed by atoms with Crippen LogP contribution in [-0.2, 0) is 11.3 Å². The largest absolute Gasteiger partial charge is 0.461 e. The maximum Gasteiger partial charge on any atom is 0.367 e. The summed E-state index contributed by atoms with van der Waals surface area (Å²) in [6.45, 7) is 2.09. The second-order valence-corrected chi connectivity index (χ2v) is 4.13. The van der Waals surface area contributed by atoms with E-state index in [2.05, 4.69) is 30.9 Å². The summed E-state index contributed by atoms with van der Waals surface area (Å²) in [7, 11) is 0. The van der Waals surface area contributed by atoms with Crippen LogP contribution >= 0.6 is 11.3 Å². The highest BCUT2D eigenvalue weighted by Gasteiger charge is 2.16. The summed E-state index contributed by atoms with van der Waals surface area (Å²) < 4.78 is 4.78. The summed E-state index contributed by atoms with van der Waals surface area (Å²) in [5.41, 5.74) is 0.150. The number of aromatic nitrogens is 5. The molecule has 0 unspecified atom stereocenters. The maximum atomic E-state index is 11.7. The summed E-state index contributed by atoms with van der Waals surface area (Å²) in [6.07, 6.45) is 0. The number of nitrogens with one attached hydrogen (secondary N) is 2. The molecule has 2 heterocycles. The number of carbonyl (C=O) groups excluding carboxylic acids is 2. The number of hydrogen-bond donors (Lipinski definition) is 2.